The number of carboxylic acid groups (broad SMARTS) is 1. The summed E-state index contributed by atoms with van der Waals surface area (Å²) in [6, 6.07) is 1.33. The zero-order chi connectivity index (χ0) is 14.1. The Bertz CT molecular complexity index is 795. The predicted molar refractivity (Wildman–Crippen MR) is 70.2 cm³/mol. The Labute approximate surface area is 114 Å². The molecule has 104 valence electrons. The Balaban J connectivity index is 1.84. The van der Waals surface area contributed by atoms with Crippen LogP contribution < -0.4 is 5.43 Å². The Morgan fingerprint density at radius 2 is 2.20 bits per heavy atom. The van der Waals surface area contributed by atoms with Crippen LogP contribution in [0.1, 0.15) is 35.8 Å². The van der Waals surface area contributed by atoms with Gasteiger partial charge in [-0.2, -0.15) is 0 Å². The summed E-state index contributed by atoms with van der Waals surface area (Å²) in [6.45, 7) is 2.78. The van der Waals surface area contributed by atoms with E-state index in [2.05, 4.69) is 11.9 Å². The normalized spacial score (nSPS) is 31.4. The summed E-state index contributed by atoms with van der Waals surface area (Å²) in [5.74, 6) is -1.20. The van der Waals surface area contributed by atoms with Gasteiger partial charge in [0.15, 0.2) is 5.43 Å². The van der Waals surface area contributed by atoms with E-state index in [4.69, 9.17) is 9.84 Å². The number of carboxylic acids is 1. The van der Waals surface area contributed by atoms with Crippen LogP contribution in [0.3, 0.4) is 0 Å². The van der Waals surface area contributed by atoms with E-state index in [1.54, 1.807) is 4.40 Å². The number of carbonyl (C=O) groups is 1. The Morgan fingerprint density at radius 1 is 1.45 bits per heavy atom. The predicted octanol–water partition coefficient (Wildman–Crippen LogP) is 1.15. The van der Waals surface area contributed by atoms with Crippen LogP contribution in [0.4, 0.5) is 0 Å². The second-order valence-corrected chi connectivity index (χ2v) is 6.19. The molecule has 5 rings (SSSR count). The molecule has 3 fully saturated rings. The summed E-state index contributed by atoms with van der Waals surface area (Å²) in [4.78, 5) is 25.9. The second kappa shape index (κ2) is 3.32. The van der Waals surface area contributed by atoms with Gasteiger partial charge in [0.2, 0.25) is 0 Å². The molecule has 20 heavy (non-hydrogen) atoms. The average molecular weight is 274 g/mol. The van der Waals surface area contributed by atoms with Gasteiger partial charge in [-0.1, -0.05) is 0 Å². The molecule has 0 amide bonds. The third-order valence-electron chi connectivity index (χ3n) is 4.53. The molecule has 0 radical (unpaired) electrons. The van der Waals surface area contributed by atoms with Gasteiger partial charge in [0, 0.05) is 29.6 Å². The maximum atomic E-state index is 11.7. The van der Waals surface area contributed by atoms with Crippen LogP contribution in [0, 0.1) is 0 Å². The van der Waals surface area contributed by atoms with E-state index in [0.29, 0.717) is 12.3 Å². The summed E-state index contributed by atoms with van der Waals surface area (Å²) in [6.07, 6.45) is 5.16. The lowest BCUT2D eigenvalue weighted by Crippen LogP contribution is -2.45. The smallest absolute Gasteiger partial charge is 0.341 e. The van der Waals surface area contributed by atoms with E-state index >= 15 is 0 Å². The molecule has 6 nitrogen and oxygen atoms in total. The highest BCUT2D eigenvalue weighted by Gasteiger charge is 2.61. The molecule has 2 N–H and O–H groups in total. The zero-order valence-electron chi connectivity index (χ0n) is 11.0. The van der Waals surface area contributed by atoms with E-state index in [1.165, 1.54) is 12.3 Å². The minimum absolute atomic E-state index is 0.00674. The van der Waals surface area contributed by atoms with E-state index in [0.717, 1.165) is 18.5 Å². The van der Waals surface area contributed by atoms with Crippen molar-refractivity contribution in [2.45, 2.75) is 30.8 Å². The minimum Gasteiger partial charge on any atom is -0.477 e. The highest BCUT2D eigenvalue weighted by atomic mass is 16.5. The first-order chi connectivity index (χ1) is 9.41. The van der Waals surface area contributed by atoms with Crippen molar-refractivity contribution in [2.24, 2.45) is 0 Å². The standard InChI is InChI=1S/C14H14N2O4/c1-13-5-14(6-13,7-20-13)10-4-16-3-8(12(18)19)9(17)2-11(16)15-10/h2-4,15H,5-7H2,1H3,(H,18,19). The molecule has 0 aromatic carbocycles. The van der Waals surface area contributed by atoms with Crippen molar-refractivity contribution in [3.8, 4) is 0 Å². The Kier molecular flexibility index (Phi) is 1.95. The van der Waals surface area contributed by atoms with Gasteiger partial charge in [-0.3, -0.25) is 4.79 Å². The molecule has 6 heteroatoms. The fraction of sp³-hybridized carbons (Fsp3) is 0.429. The Morgan fingerprint density at radius 3 is 2.80 bits per heavy atom. The molecule has 2 bridgehead atoms. The lowest BCUT2D eigenvalue weighted by Gasteiger charge is -2.41. The molecule has 2 saturated heterocycles. The summed E-state index contributed by atoms with van der Waals surface area (Å²) >= 11 is 0. The van der Waals surface area contributed by atoms with Crippen molar-refractivity contribution >= 4 is 11.6 Å². The Hall–Kier alpha value is -2.08. The van der Waals surface area contributed by atoms with Gasteiger partial charge >= 0.3 is 5.97 Å². The van der Waals surface area contributed by atoms with Gasteiger partial charge < -0.3 is 19.2 Å². The van der Waals surface area contributed by atoms with Gasteiger partial charge in [-0.05, 0) is 19.8 Å². The number of fused-ring (bicyclic) bond motifs is 2. The number of nitrogens with one attached hydrogen (secondary N) is 1. The summed E-state index contributed by atoms with van der Waals surface area (Å²) in [5.41, 5.74) is 0.904. The molecule has 0 unspecified atom stereocenters. The topological polar surface area (TPSA) is 83.8 Å². The van der Waals surface area contributed by atoms with Crippen molar-refractivity contribution in [1.29, 1.82) is 0 Å². The summed E-state index contributed by atoms with van der Waals surface area (Å²) < 4.78 is 7.44. The van der Waals surface area contributed by atoms with E-state index < -0.39 is 11.4 Å². The van der Waals surface area contributed by atoms with E-state index in [1.807, 2.05) is 6.20 Å². The van der Waals surface area contributed by atoms with Crippen LogP contribution in [0.15, 0.2) is 23.3 Å². The summed E-state index contributed by atoms with van der Waals surface area (Å²) in [5, 5.41) is 8.99. The first kappa shape index (κ1) is 11.7. The number of pyridine rings is 1. The summed E-state index contributed by atoms with van der Waals surface area (Å²) in [7, 11) is 0. The van der Waals surface area contributed by atoms with Gasteiger partial charge in [0.05, 0.1) is 12.2 Å². The third-order valence-corrected chi connectivity index (χ3v) is 4.53. The van der Waals surface area contributed by atoms with Crippen LogP contribution in [0.25, 0.3) is 5.65 Å². The highest BCUT2D eigenvalue weighted by Crippen LogP contribution is 2.58. The van der Waals surface area contributed by atoms with Crippen LogP contribution >= 0.6 is 0 Å². The number of aromatic nitrogens is 2. The number of aromatic amines is 1. The second-order valence-electron chi connectivity index (χ2n) is 6.19. The zero-order valence-corrected chi connectivity index (χ0v) is 11.0. The molecule has 2 aromatic rings. The lowest BCUT2D eigenvalue weighted by atomic mass is 9.62. The van der Waals surface area contributed by atoms with Crippen LogP contribution in [0.2, 0.25) is 0 Å². The van der Waals surface area contributed by atoms with Crippen molar-refractivity contribution in [3.05, 3.63) is 39.9 Å². The molecule has 1 aliphatic carbocycles. The highest BCUT2D eigenvalue weighted by molar-refractivity contribution is 5.87. The number of rotatable bonds is 2. The number of nitrogens with zero attached hydrogens (tertiary/aromatic N) is 1. The molecule has 2 aliphatic heterocycles. The quantitative estimate of drug-likeness (QED) is 0.860. The molecule has 0 spiro atoms. The number of hydrogen-bond donors (Lipinski definition) is 2. The molecule has 4 heterocycles. The molecular formula is C14H14N2O4. The first-order valence-electron chi connectivity index (χ1n) is 6.54. The molecule has 1 saturated carbocycles. The van der Waals surface area contributed by atoms with Crippen LogP contribution in [-0.4, -0.2) is 32.7 Å². The number of imidazole rings is 1. The van der Waals surface area contributed by atoms with Gasteiger partial charge in [-0.25, -0.2) is 4.79 Å². The molecule has 2 aromatic heterocycles. The van der Waals surface area contributed by atoms with Crippen molar-refractivity contribution in [2.75, 3.05) is 6.61 Å². The fourth-order valence-electron chi connectivity index (χ4n) is 3.66. The van der Waals surface area contributed by atoms with Crippen molar-refractivity contribution in [3.63, 3.8) is 0 Å². The maximum absolute atomic E-state index is 11.7. The van der Waals surface area contributed by atoms with E-state index in [9.17, 15) is 9.59 Å². The van der Waals surface area contributed by atoms with Gasteiger partial charge in [0.1, 0.15) is 11.2 Å². The van der Waals surface area contributed by atoms with E-state index in [-0.39, 0.29) is 16.6 Å². The molecule has 0 atom stereocenters. The number of aromatic carboxylic acids is 1. The molecular weight excluding hydrogens is 260 g/mol. The average Bonchev–Trinajstić information content (AvgIpc) is 2.97. The largest absolute Gasteiger partial charge is 0.477 e. The molecule has 3 aliphatic rings. The lowest BCUT2D eigenvalue weighted by molar-refractivity contribution is 0.0154. The maximum Gasteiger partial charge on any atom is 0.341 e. The third kappa shape index (κ3) is 1.37. The number of H-pyrrole nitrogens is 1. The van der Waals surface area contributed by atoms with Crippen LogP contribution in [-0.2, 0) is 10.2 Å². The minimum atomic E-state index is -1.20. The van der Waals surface area contributed by atoms with Crippen molar-refractivity contribution < 1.29 is 14.6 Å². The van der Waals surface area contributed by atoms with Gasteiger partial charge in [-0.15, -0.1) is 0 Å². The first-order valence-corrected chi connectivity index (χ1v) is 6.54. The van der Waals surface area contributed by atoms with Gasteiger partial charge in [0.25, 0.3) is 0 Å². The number of hydrogen-bond acceptors (Lipinski definition) is 3. The number of ether oxygens (including phenoxy) is 1. The SMILES string of the molecule is CC12CC(c3cn4cc(C(=O)O)c(=O)cc4[nH]3)(CO1)C2. The van der Waals surface area contributed by atoms with Crippen molar-refractivity contribution in [1.82, 2.24) is 9.38 Å². The van der Waals surface area contributed by atoms with Crippen LogP contribution in [0.5, 0.6) is 0 Å². The monoisotopic (exact) mass is 274 g/mol. The fourth-order valence-corrected chi connectivity index (χ4v) is 3.66.